The minimum absolute atomic E-state index is 0.326. The number of carboxylic acids is 1. The third kappa shape index (κ3) is 1.99. The molecule has 1 aliphatic rings. The van der Waals surface area contributed by atoms with Gasteiger partial charge >= 0.3 is 5.97 Å². The number of rotatable bonds is 4. The van der Waals surface area contributed by atoms with Crippen molar-refractivity contribution in [2.24, 2.45) is 5.92 Å². The molecule has 1 aliphatic carbocycles. The quantitative estimate of drug-likeness (QED) is 0.601. The number of likely N-dealkylation sites (N-methyl/N-ethyl adjacent to an activating group) is 1. The van der Waals surface area contributed by atoms with Crippen molar-refractivity contribution in [3.63, 3.8) is 0 Å². The fourth-order valence-corrected chi connectivity index (χ4v) is 1.03. The van der Waals surface area contributed by atoms with Gasteiger partial charge in [0.05, 0.1) is 0 Å². The van der Waals surface area contributed by atoms with Crippen LogP contribution in [0, 0.1) is 5.92 Å². The molecule has 0 aromatic carbocycles. The normalized spacial score (nSPS) is 20.5. The Balaban J connectivity index is 2.24. The van der Waals surface area contributed by atoms with E-state index < -0.39 is 5.97 Å². The SMILES string of the molecule is CNC(CC1CC1)C(=O)O. The molecule has 0 aromatic heterocycles. The van der Waals surface area contributed by atoms with Crippen LogP contribution in [0.15, 0.2) is 0 Å². The van der Waals surface area contributed by atoms with Gasteiger partial charge in [-0.05, 0) is 19.4 Å². The zero-order valence-corrected chi connectivity index (χ0v) is 6.13. The van der Waals surface area contributed by atoms with Crippen molar-refractivity contribution in [2.45, 2.75) is 25.3 Å². The molecule has 1 atom stereocenters. The highest BCUT2D eigenvalue weighted by atomic mass is 16.4. The Morgan fingerprint density at radius 1 is 1.80 bits per heavy atom. The molecule has 0 radical (unpaired) electrons. The molecule has 0 heterocycles. The third-order valence-corrected chi connectivity index (χ3v) is 1.91. The summed E-state index contributed by atoms with van der Waals surface area (Å²) in [7, 11) is 1.70. The Morgan fingerprint density at radius 2 is 2.40 bits per heavy atom. The molecule has 0 amide bonds. The van der Waals surface area contributed by atoms with Crippen molar-refractivity contribution in [2.75, 3.05) is 7.05 Å². The molecule has 0 spiro atoms. The molecule has 0 aliphatic heterocycles. The van der Waals surface area contributed by atoms with E-state index in [2.05, 4.69) is 5.32 Å². The monoisotopic (exact) mass is 143 g/mol. The molecule has 1 fully saturated rings. The largest absolute Gasteiger partial charge is 0.480 e. The van der Waals surface area contributed by atoms with Crippen LogP contribution in [0.1, 0.15) is 19.3 Å². The van der Waals surface area contributed by atoms with E-state index in [0.717, 1.165) is 6.42 Å². The maximum absolute atomic E-state index is 10.4. The van der Waals surface area contributed by atoms with Gasteiger partial charge in [-0.3, -0.25) is 4.79 Å². The number of aliphatic carboxylic acids is 1. The minimum Gasteiger partial charge on any atom is -0.480 e. The van der Waals surface area contributed by atoms with Crippen LogP contribution in [-0.4, -0.2) is 24.2 Å². The zero-order valence-electron chi connectivity index (χ0n) is 6.13. The first-order valence-corrected chi connectivity index (χ1v) is 3.64. The van der Waals surface area contributed by atoms with Crippen molar-refractivity contribution in [1.29, 1.82) is 0 Å². The van der Waals surface area contributed by atoms with E-state index in [-0.39, 0.29) is 6.04 Å². The molecule has 1 saturated carbocycles. The summed E-state index contributed by atoms with van der Waals surface area (Å²) in [5.74, 6) is -0.0528. The van der Waals surface area contributed by atoms with E-state index in [4.69, 9.17) is 5.11 Å². The molecule has 2 N–H and O–H groups in total. The van der Waals surface area contributed by atoms with Crippen molar-refractivity contribution >= 4 is 5.97 Å². The summed E-state index contributed by atoms with van der Waals surface area (Å²) >= 11 is 0. The fraction of sp³-hybridized carbons (Fsp3) is 0.857. The zero-order chi connectivity index (χ0) is 7.56. The van der Waals surface area contributed by atoms with E-state index in [1.165, 1.54) is 12.8 Å². The predicted molar refractivity (Wildman–Crippen MR) is 37.8 cm³/mol. The van der Waals surface area contributed by atoms with Crippen molar-refractivity contribution in [3.05, 3.63) is 0 Å². The van der Waals surface area contributed by atoms with Crippen molar-refractivity contribution in [1.82, 2.24) is 5.32 Å². The minimum atomic E-state index is -0.727. The summed E-state index contributed by atoms with van der Waals surface area (Å²) in [6.07, 6.45) is 3.22. The van der Waals surface area contributed by atoms with Crippen LogP contribution >= 0.6 is 0 Å². The van der Waals surface area contributed by atoms with Crippen LogP contribution < -0.4 is 5.32 Å². The highest BCUT2D eigenvalue weighted by Crippen LogP contribution is 2.33. The van der Waals surface area contributed by atoms with Gasteiger partial charge in [0.15, 0.2) is 0 Å². The number of hydrogen-bond acceptors (Lipinski definition) is 2. The van der Waals surface area contributed by atoms with E-state index >= 15 is 0 Å². The van der Waals surface area contributed by atoms with Gasteiger partial charge in [0.25, 0.3) is 0 Å². The molecule has 0 saturated heterocycles. The molecule has 10 heavy (non-hydrogen) atoms. The van der Waals surface area contributed by atoms with Gasteiger partial charge in [0, 0.05) is 0 Å². The topological polar surface area (TPSA) is 49.3 Å². The van der Waals surface area contributed by atoms with Gasteiger partial charge in [-0.15, -0.1) is 0 Å². The van der Waals surface area contributed by atoms with E-state index in [1.807, 2.05) is 0 Å². The van der Waals surface area contributed by atoms with Crippen LogP contribution in [0.5, 0.6) is 0 Å². The van der Waals surface area contributed by atoms with Gasteiger partial charge < -0.3 is 10.4 Å². The molecule has 3 heteroatoms. The first-order valence-electron chi connectivity index (χ1n) is 3.64. The van der Waals surface area contributed by atoms with Crippen LogP contribution in [0.3, 0.4) is 0 Å². The summed E-state index contributed by atoms with van der Waals surface area (Å²) in [5.41, 5.74) is 0. The second-order valence-electron chi connectivity index (χ2n) is 2.86. The maximum atomic E-state index is 10.4. The van der Waals surface area contributed by atoms with Crippen LogP contribution in [0.25, 0.3) is 0 Å². The van der Waals surface area contributed by atoms with Gasteiger partial charge in [0.1, 0.15) is 6.04 Å². The Bertz CT molecular complexity index is 132. The molecule has 3 nitrogen and oxygen atoms in total. The lowest BCUT2D eigenvalue weighted by molar-refractivity contribution is -0.139. The Labute approximate surface area is 60.4 Å². The summed E-state index contributed by atoms with van der Waals surface area (Å²) in [6, 6.07) is -0.326. The molecule has 1 rings (SSSR count). The van der Waals surface area contributed by atoms with E-state index in [9.17, 15) is 4.79 Å². The summed E-state index contributed by atoms with van der Waals surface area (Å²) in [6.45, 7) is 0. The van der Waals surface area contributed by atoms with Crippen molar-refractivity contribution in [3.8, 4) is 0 Å². The lowest BCUT2D eigenvalue weighted by Gasteiger charge is -2.08. The lowest BCUT2D eigenvalue weighted by atomic mass is 10.1. The summed E-state index contributed by atoms with van der Waals surface area (Å²) < 4.78 is 0. The van der Waals surface area contributed by atoms with Gasteiger partial charge in [-0.1, -0.05) is 12.8 Å². The molecule has 0 bridgehead atoms. The average molecular weight is 143 g/mol. The number of nitrogens with one attached hydrogen (secondary N) is 1. The maximum Gasteiger partial charge on any atom is 0.320 e. The molecule has 1 unspecified atom stereocenters. The number of carbonyl (C=O) groups is 1. The molecule has 58 valence electrons. The summed E-state index contributed by atoms with van der Waals surface area (Å²) in [4.78, 5) is 10.4. The van der Waals surface area contributed by atoms with Gasteiger partial charge in [-0.25, -0.2) is 0 Å². The highest BCUT2D eigenvalue weighted by Gasteiger charge is 2.27. The first kappa shape index (κ1) is 7.54. The second kappa shape index (κ2) is 3.01. The number of carboxylic acid groups (broad SMARTS) is 1. The fourth-order valence-electron chi connectivity index (χ4n) is 1.03. The summed E-state index contributed by atoms with van der Waals surface area (Å²) in [5, 5.41) is 11.4. The number of hydrogen-bond donors (Lipinski definition) is 2. The molecular formula is C7H13NO2. The standard InChI is InChI=1S/C7H13NO2/c1-8-6(7(9)10)4-5-2-3-5/h5-6,8H,2-4H2,1H3,(H,9,10). The Kier molecular flexibility index (Phi) is 2.27. The Morgan fingerprint density at radius 3 is 2.70 bits per heavy atom. The van der Waals surface area contributed by atoms with Gasteiger partial charge in [0.2, 0.25) is 0 Å². The first-order chi connectivity index (χ1) is 4.74. The van der Waals surface area contributed by atoms with E-state index in [0.29, 0.717) is 5.92 Å². The highest BCUT2D eigenvalue weighted by molar-refractivity contribution is 5.73. The predicted octanol–water partition coefficient (Wildman–Crippen LogP) is 0.459. The van der Waals surface area contributed by atoms with Crippen LogP contribution in [0.2, 0.25) is 0 Å². The molecule has 0 aromatic rings. The van der Waals surface area contributed by atoms with Gasteiger partial charge in [-0.2, -0.15) is 0 Å². The smallest absolute Gasteiger partial charge is 0.320 e. The third-order valence-electron chi connectivity index (χ3n) is 1.91. The van der Waals surface area contributed by atoms with Crippen LogP contribution in [0.4, 0.5) is 0 Å². The second-order valence-corrected chi connectivity index (χ2v) is 2.86. The Hall–Kier alpha value is -0.570. The van der Waals surface area contributed by atoms with E-state index in [1.54, 1.807) is 7.05 Å². The lowest BCUT2D eigenvalue weighted by Crippen LogP contribution is -2.34. The van der Waals surface area contributed by atoms with Crippen LogP contribution in [-0.2, 0) is 4.79 Å². The van der Waals surface area contributed by atoms with Crippen molar-refractivity contribution < 1.29 is 9.90 Å². The average Bonchev–Trinajstić information content (AvgIpc) is 2.64. The molecular weight excluding hydrogens is 130 g/mol.